The van der Waals surface area contributed by atoms with Gasteiger partial charge in [0, 0.05) is 22.5 Å². The summed E-state index contributed by atoms with van der Waals surface area (Å²) in [7, 11) is 1.62. The van der Waals surface area contributed by atoms with E-state index in [1.165, 1.54) is 0 Å². The maximum atomic E-state index is 13.0. The van der Waals surface area contributed by atoms with Crippen molar-refractivity contribution in [2.75, 3.05) is 24.6 Å². The highest BCUT2D eigenvalue weighted by atomic mass is 79.9. The molecule has 0 spiro atoms. The highest BCUT2D eigenvalue weighted by Crippen LogP contribution is 2.43. The number of allylic oxidation sites excluding steroid dienone is 1. The first-order valence-corrected chi connectivity index (χ1v) is 10.6. The number of methoxy groups -OCH3 is 1. The number of fused-ring (bicyclic) bond motifs is 1. The zero-order valence-electron chi connectivity index (χ0n) is 15.3. The summed E-state index contributed by atoms with van der Waals surface area (Å²) in [6.45, 7) is 0.457. The zero-order chi connectivity index (χ0) is 19.7. The number of nitriles is 1. The molecule has 1 fully saturated rings. The van der Waals surface area contributed by atoms with E-state index in [-0.39, 0.29) is 18.2 Å². The fraction of sp³-hybridized carbons (Fsp3) is 0.238. The van der Waals surface area contributed by atoms with E-state index in [4.69, 9.17) is 4.74 Å². The van der Waals surface area contributed by atoms with Crippen molar-refractivity contribution in [3.05, 3.63) is 69.2 Å². The predicted molar refractivity (Wildman–Crippen MR) is 114 cm³/mol. The van der Waals surface area contributed by atoms with Crippen molar-refractivity contribution in [1.82, 2.24) is 4.90 Å². The average molecular weight is 456 g/mol. The number of ether oxygens (including phenoxy) is 1. The third-order valence-electron chi connectivity index (χ3n) is 4.98. The number of halogens is 1. The van der Waals surface area contributed by atoms with E-state index >= 15 is 0 Å². The molecule has 2 aromatic carbocycles. The minimum absolute atomic E-state index is 0.0381. The highest BCUT2D eigenvalue weighted by molar-refractivity contribution is 9.10. The Hall–Kier alpha value is -2.43. The van der Waals surface area contributed by atoms with Gasteiger partial charge in [-0.3, -0.25) is 9.69 Å². The van der Waals surface area contributed by atoms with E-state index in [1.807, 2.05) is 48.5 Å². The largest absolute Gasteiger partial charge is 0.497 e. The third-order valence-corrected chi connectivity index (χ3v) is 6.66. The summed E-state index contributed by atoms with van der Waals surface area (Å²) in [5, 5.41) is 10.7. The molecule has 1 amide bonds. The molecule has 28 heavy (non-hydrogen) atoms. The SMILES string of the molecule is COc1cccc([C@@H]2CC(=O)N3CN(c4ccc(Br)cc4)CSC3=C2C#N)c1. The van der Waals surface area contributed by atoms with Crippen LogP contribution in [0.5, 0.6) is 5.75 Å². The van der Waals surface area contributed by atoms with E-state index in [9.17, 15) is 10.1 Å². The standard InChI is InChI=1S/C21H18BrN3O2S/c1-27-17-4-2-3-14(9-17)18-10-20(26)25-12-24(13-28-21(25)19(18)11-23)16-7-5-15(22)6-8-16/h2-9,18H,10,12-13H2,1H3/t18-/m0/s1. The fourth-order valence-electron chi connectivity index (χ4n) is 3.52. The van der Waals surface area contributed by atoms with Crippen LogP contribution in [-0.2, 0) is 4.79 Å². The lowest BCUT2D eigenvalue weighted by molar-refractivity contribution is -0.129. The average Bonchev–Trinajstić information content (AvgIpc) is 2.74. The van der Waals surface area contributed by atoms with Crippen LogP contribution < -0.4 is 9.64 Å². The van der Waals surface area contributed by atoms with Crippen LogP contribution in [0.25, 0.3) is 0 Å². The van der Waals surface area contributed by atoms with Crippen molar-refractivity contribution in [2.24, 2.45) is 0 Å². The van der Waals surface area contributed by atoms with Crippen LogP contribution in [0.1, 0.15) is 17.9 Å². The van der Waals surface area contributed by atoms with Gasteiger partial charge in [-0.1, -0.05) is 39.8 Å². The van der Waals surface area contributed by atoms with Crippen molar-refractivity contribution in [3.63, 3.8) is 0 Å². The molecule has 0 radical (unpaired) electrons. The Balaban J connectivity index is 1.66. The molecule has 2 heterocycles. The first-order chi connectivity index (χ1) is 13.6. The van der Waals surface area contributed by atoms with E-state index in [0.29, 0.717) is 18.1 Å². The molecule has 0 bridgehead atoms. The number of hydrogen-bond acceptors (Lipinski definition) is 5. The molecule has 0 aliphatic carbocycles. The van der Waals surface area contributed by atoms with E-state index in [2.05, 4.69) is 26.9 Å². The van der Waals surface area contributed by atoms with Gasteiger partial charge in [-0.15, -0.1) is 0 Å². The van der Waals surface area contributed by atoms with Crippen molar-refractivity contribution < 1.29 is 9.53 Å². The summed E-state index contributed by atoms with van der Waals surface area (Å²) in [6.07, 6.45) is 0.286. The maximum absolute atomic E-state index is 13.0. The van der Waals surface area contributed by atoms with Gasteiger partial charge in [-0.25, -0.2) is 0 Å². The molecule has 0 unspecified atom stereocenters. The van der Waals surface area contributed by atoms with Gasteiger partial charge >= 0.3 is 0 Å². The lowest BCUT2D eigenvalue weighted by Gasteiger charge is -2.42. The molecule has 5 nitrogen and oxygen atoms in total. The molecule has 2 aromatic rings. The number of thioether (sulfide) groups is 1. The van der Waals surface area contributed by atoms with Crippen molar-refractivity contribution in [2.45, 2.75) is 12.3 Å². The number of carbonyl (C=O) groups excluding carboxylic acids is 1. The second-order valence-corrected chi connectivity index (χ2v) is 8.47. The molecule has 7 heteroatoms. The molecule has 0 saturated carbocycles. The Morgan fingerprint density at radius 1 is 1.25 bits per heavy atom. The molecular weight excluding hydrogens is 438 g/mol. The van der Waals surface area contributed by atoms with Gasteiger partial charge in [-0.05, 0) is 42.0 Å². The third kappa shape index (κ3) is 3.50. The summed E-state index contributed by atoms with van der Waals surface area (Å²) in [6, 6.07) is 18.0. The molecule has 0 N–H and O–H groups in total. The lowest BCUT2D eigenvalue weighted by atomic mass is 9.86. The van der Waals surface area contributed by atoms with Crippen LogP contribution in [0.15, 0.2) is 63.6 Å². The Morgan fingerprint density at radius 3 is 2.75 bits per heavy atom. The Labute approximate surface area is 176 Å². The number of carbonyl (C=O) groups is 1. The van der Waals surface area contributed by atoms with Gasteiger partial charge < -0.3 is 9.64 Å². The number of benzene rings is 2. The van der Waals surface area contributed by atoms with Gasteiger partial charge in [0.05, 0.1) is 36.3 Å². The number of rotatable bonds is 3. The topological polar surface area (TPSA) is 56.6 Å². The number of amides is 1. The van der Waals surface area contributed by atoms with E-state index in [0.717, 1.165) is 26.5 Å². The van der Waals surface area contributed by atoms with Gasteiger partial charge in [0.2, 0.25) is 5.91 Å². The molecule has 142 valence electrons. The highest BCUT2D eigenvalue weighted by Gasteiger charge is 2.38. The summed E-state index contributed by atoms with van der Waals surface area (Å²) < 4.78 is 6.33. The first-order valence-electron chi connectivity index (χ1n) is 8.82. The summed E-state index contributed by atoms with van der Waals surface area (Å²) in [4.78, 5) is 16.8. The van der Waals surface area contributed by atoms with Crippen LogP contribution in [0, 0.1) is 11.3 Å². The van der Waals surface area contributed by atoms with E-state index < -0.39 is 0 Å². The smallest absolute Gasteiger partial charge is 0.229 e. The monoisotopic (exact) mass is 455 g/mol. The molecule has 2 aliphatic rings. The van der Waals surface area contributed by atoms with Crippen molar-refractivity contribution in [3.8, 4) is 11.8 Å². The summed E-state index contributed by atoms with van der Waals surface area (Å²) in [5.41, 5.74) is 2.65. The van der Waals surface area contributed by atoms with Crippen LogP contribution in [0.2, 0.25) is 0 Å². The zero-order valence-corrected chi connectivity index (χ0v) is 17.7. The minimum Gasteiger partial charge on any atom is -0.497 e. The van der Waals surface area contributed by atoms with Crippen molar-refractivity contribution >= 4 is 39.3 Å². The molecule has 2 aliphatic heterocycles. The molecular formula is C21H18BrN3O2S. The minimum atomic E-state index is -0.231. The van der Waals surface area contributed by atoms with Gasteiger partial charge in [0.15, 0.2) is 0 Å². The van der Waals surface area contributed by atoms with Crippen LogP contribution >= 0.6 is 27.7 Å². The Kier molecular flexibility index (Phi) is 5.33. The Morgan fingerprint density at radius 2 is 2.04 bits per heavy atom. The van der Waals surface area contributed by atoms with Crippen LogP contribution in [0.3, 0.4) is 0 Å². The molecule has 0 aromatic heterocycles. The van der Waals surface area contributed by atoms with Crippen LogP contribution in [-0.4, -0.2) is 30.5 Å². The fourth-order valence-corrected chi connectivity index (χ4v) is 4.95. The van der Waals surface area contributed by atoms with Crippen LogP contribution in [0.4, 0.5) is 5.69 Å². The molecule has 1 atom stereocenters. The summed E-state index contributed by atoms with van der Waals surface area (Å²) in [5.74, 6) is 1.23. The Bertz CT molecular complexity index is 984. The second-order valence-electron chi connectivity index (χ2n) is 6.62. The lowest BCUT2D eigenvalue weighted by Crippen LogP contribution is -2.47. The number of anilines is 1. The quantitative estimate of drug-likeness (QED) is 0.672. The first kappa shape index (κ1) is 18.9. The number of nitrogens with zero attached hydrogens (tertiary/aromatic N) is 3. The van der Waals surface area contributed by atoms with Gasteiger partial charge in [0.1, 0.15) is 5.75 Å². The molecule has 4 rings (SSSR count). The molecule has 1 saturated heterocycles. The second kappa shape index (κ2) is 7.90. The van der Waals surface area contributed by atoms with Gasteiger partial charge in [-0.2, -0.15) is 5.26 Å². The normalized spacial score (nSPS) is 19.3. The maximum Gasteiger partial charge on any atom is 0.229 e. The van der Waals surface area contributed by atoms with Gasteiger partial charge in [0.25, 0.3) is 0 Å². The number of hydrogen-bond donors (Lipinski definition) is 0. The predicted octanol–water partition coefficient (Wildman–Crippen LogP) is 4.68. The van der Waals surface area contributed by atoms with E-state index in [1.54, 1.807) is 23.8 Å². The van der Waals surface area contributed by atoms with Crippen molar-refractivity contribution in [1.29, 1.82) is 5.26 Å². The summed E-state index contributed by atoms with van der Waals surface area (Å²) >= 11 is 4.99.